The van der Waals surface area contributed by atoms with E-state index in [1.807, 2.05) is 44.1 Å². The number of para-hydroxylation sites is 1. The number of nitrogens with zero attached hydrogens (tertiary/aromatic N) is 2. The third kappa shape index (κ3) is 3.54. The van der Waals surface area contributed by atoms with Crippen LogP contribution in [0.1, 0.15) is 12.0 Å². The molecule has 5 nitrogen and oxygen atoms in total. The van der Waals surface area contributed by atoms with E-state index >= 15 is 0 Å². The average molecular weight is 355 g/mol. The lowest BCUT2D eigenvalue weighted by atomic mass is 10.1. The van der Waals surface area contributed by atoms with Gasteiger partial charge in [0, 0.05) is 38.4 Å². The van der Waals surface area contributed by atoms with Crippen molar-refractivity contribution < 1.29 is 14.0 Å². The maximum Gasteiger partial charge on any atom is 0.229 e. The highest BCUT2D eigenvalue weighted by atomic mass is 19.1. The van der Waals surface area contributed by atoms with Crippen LogP contribution < -0.4 is 15.1 Å². The van der Waals surface area contributed by atoms with Crippen LogP contribution in [0, 0.1) is 18.7 Å². The summed E-state index contributed by atoms with van der Waals surface area (Å²) in [5.41, 5.74) is 3.03. The molecule has 0 saturated carbocycles. The van der Waals surface area contributed by atoms with E-state index in [1.165, 1.54) is 11.0 Å². The standard InChI is InChI=1S/C20H22FN3O2/c1-13-10-15(8-9-17(13)23(2)3)22-20(26)14-11-19(25)24(12-14)18-7-5-4-6-16(18)21/h4-10,14H,11-12H2,1-3H3,(H,22,26). The van der Waals surface area contributed by atoms with Gasteiger partial charge in [0.15, 0.2) is 0 Å². The van der Waals surface area contributed by atoms with Gasteiger partial charge >= 0.3 is 0 Å². The molecule has 1 heterocycles. The van der Waals surface area contributed by atoms with Gasteiger partial charge in [-0.3, -0.25) is 9.59 Å². The number of hydrogen-bond acceptors (Lipinski definition) is 3. The van der Waals surface area contributed by atoms with E-state index < -0.39 is 11.7 Å². The second-order valence-corrected chi connectivity index (χ2v) is 6.74. The van der Waals surface area contributed by atoms with Crippen molar-refractivity contribution in [3.63, 3.8) is 0 Å². The van der Waals surface area contributed by atoms with Crippen molar-refractivity contribution in [1.82, 2.24) is 0 Å². The van der Waals surface area contributed by atoms with Crippen LogP contribution in [0.2, 0.25) is 0 Å². The zero-order valence-corrected chi connectivity index (χ0v) is 15.1. The predicted octanol–water partition coefficient (Wildman–Crippen LogP) is 3.19. The maximum absolute atomic E-state index is 13.9. The summed E-state index contributed by atoms with van der Waals surface area (Å²) in [5, 5.41) is 2.87. The first-order valence-electron chi connectivity index (χ1n) is 8.50. The monoisotopic (exact) mass is 355 g/mol. The van der Waals surface area contributed by atoms with Crippen LogP contribution in [0.15, 0.2) is 42.5 Å². The molecule has 0 radical (unpaired) electrons. The van der Waals surface area contributed by atoms with Crippen LogP contribution in [-0.4, -0.2) is 32.5 Å². The van der Waals surface area contributed by atoms with E-state index in [9.17, 15) is 14.0 Å². The first-order valence-corrected chi connectivity index (χ1v) is 8.50. The largest absolute Gasteiger partial charge is 0.377 e. The molecule has 0 aromatic heterocycles. The van der Waals surface area contributed by atoms with Crippen molar-refractivity contribution >= 4 is 28.9 Å². The highest BCUT2D eigenvalue weighted by Crippen LogP contribution is 2.28. The van der Waals surface area contributed by atoms with Gasteiger partial charge in [-0.05, 0) is 42.8 Å². The molecule has 1 N–H and O–H groups in total. The second kappa shape index (κ2) is 7.15. The summed E-state index contributed by atoms with van der Waals surface area (Å²) in [7, 11) is 3.92. The van der Waals surface area contributed by atoms with Crippen molar-refractivity contribution in [2.75, 3.05) is 35.8 Å². The summed E-state index contributed by atoms with van der Waals surface area (Å²) >= 11 is 0. The van der Waals surface area contributed by atoms with Gasteiger partial charge in [-0.2, -0.15) is 0 Å². The number of aryl methyl sites for hydroxylation is 1. The highest BCUT2D eigenvalue weighted by Gasteiger charge is 2.36. The normalized spacial score (nSPS) is 16.7. The number of amides is 2. The number of carbonyl (C=O) groups excluding carboxylic acids is 2. The molecule has 0 spiro atoms. The van der Waals surface area contributed by atoms with Crippen LogP contribution in [0.3, 0.4) is 0 Å². The maximum atomic E-state index is 13.9. The predicted molar refractivity (Wildman–Crippen MR) is 101 cm³/mol. The molecule has 3 rings (SSSR count). The molecule has 1 aliphatic heterocycles. The van der Waals surface area contributed by atoms with E-state index in [4.69, 9.17) is 0 Å². The molecule has 6 heteroatoms. The molecule has 1 aliphatic rings. The summed E-state index contributed by atoms with van der Waals surface area (Å²) in [5.74, 6) is -1.43. The van der Waals surface area contributed by atoms with Crippen LogP contribution >= 0.6 is 0 Å². The second-order valence-electron chi connectivity index (χ2n) is 6.74. The molecule has 0 bridgehead atoms. The van der Waals surface area contributed by atoms with E-state index in [2.05, 4.69) is 5.32 Å². The number of halogens is 1. The Balaban J connectivity index is 1.71. The summed E-state index contributed by atoms with van der Waals surface area (Å²) in [6, 6.07) is 11.8. The Bertz CT molecular complexity index is 851. The highest BCUT2D eigenvalue weighted by molar-refractivity contribution is 6.03. The third-order valence-electron chi connectivity index (χ3n) is 4.59. The number of hydrogen-bond donors (Lipinski definition) is 1. The van der Waals surface area contributed by atoms with E-state index in [0.29, 0.717) is 5.69 Å². The van der Waals surface area contributed by atoms with Gasteiger partial charge in [0.05, 0.1) is 11.6 Å². The molecule has 1 fully saturated rings. The van der Waals surface area contributed by atoms with Gasteiger partial charge in [0.25, 0.3) is 0 Å². The van der Waals surface area contributed by atoms with Crippen LogP contribution in [0.5, 0.6) is 0 Å². The summed E-state index contributed by atoms with van der Waals surface area (Å²) < 4.78 is 13.9. The molecule has 2 aromatic rings. The van der Waals surface area contributed by atoms with Crippen LogP contribution in [0.4, 0.5) is 21.5 Å². The van der Waals surface area contributed by atoms with Crippen molar-refractivity contribution in [2.24, 2.45) is 5.92 Å². The van der Waals surface area contributed by atoms with E-state index in [0.717, 1.165) is 11.3 Å². The fourth-order valence-electron chi connectivity index (χ4n) is 3.27. The average Bonchev–Trinajstić information content (AvgIpc) is 2.97. The Morgan fingerprint density at radius 2 is 1.96 bits per heavy atom. The number of anilines is 3. The van der Waals surface area contributed by atoms with Crippen molar-refractivity contribution in [3.05, 3.63) is 53.8 Å². The molecular formula is C20H22FN3O2. The summed E-state index contributed by atoms with van der Waals surface area (Å²) in [6.45, 7) is 2.16. The Hall–Kier alpha value is -2.89. The Kier molecular flexibility index (Phi) is 4.93. The van der Waals surface area contributed by atoms with Gasteiger partial charge < -0.3 is 15.1 Å². The lowest BCUT2D eigenvalue weighted by Gasteiger charge is -2.18. The third-order valence-corrected chi connectivity index (χ3v) is 4.59. The van der Waals surface area contributed by atoms with E-state index in [-0.39, 0.29) is 30.5 Å². The zero-order valence-electron chi connectivity index (χ0n) is 15.1. The molecule has 1 saturated heterocycles. The van der Waals surface area contributed by atoms with Gasteiger partial charge in [0.2, 0.25) is 11.8 Å². The fourth-order valence-corrected chi connectivity index (χ4v) is 3.27. The molecule has 1 unspecified atom stereocenters. The minimum atomic E-state index is -0.504. The van der Waals surface area contributed by atoms with Gasteiger partial charge in [-0.15, -0.1) is 0 Å². The minimum absolute atomic E-state index is 0.0783. The lowest BCUT2D eigenvalue weighted by Crippen LogP contribution is -2.28. The van der Waals surface area contributed by atoms with Crippen molar-refractivity contribution in [1.29, 1.82) is 0 Å². The molecular weight excluding hydrogens is 333 g/mol. The molecule has 136 valence electrons. The number of benzene rings is 2. The van der Waals surface area contributed by atoms with Crippen molar-refractivity contribution in [3.8, 4) is 0 Å². The van der Waals surface area contributed by atoms with Gasteiger partial charge in [-0.25, -0.2) is 4.39 Å². The number of carbonyl (C=O) groups is 2. The van der Waals surface area contributed by atoms with E-state index in [1.54, 1.807) is 18.2 Å². The SMILES string of the molecule is Cc1cc(NC(=O)C2CC(=O)N(c3ccccc3F)C2)ccc1N(C)C. The fraction of sp³-hybridized carbons (Fsp3) is 0.300. The first kappa shape index (κ1) is 17.9. The smallest absolute Gasteiger partial charge is 0.229 e. The van der Waals surface area contributed by atoms with Gasteiger partial charge in [-0.1, -0.05) is 12.1 Å². The summed E-state index contributed by atoms with van der Waals surface area (Å²) in [6.07, 6.45) is 0.0783. The molecule has 26 heavy (non-hydrogen) atoms. The quantitative estimate of drug-likeness (QED) is 0.916. The van der Waals surface area contributed by atoms with Crippen LogP contribution in [0.25, 0.3) is 0 Å². The summed E-state index contributed by atoms with van der Waals surface area (Å²) in [4.78, 5) is 28.1. The van der Waals surface area contributed by atoms with Crippen LogP contribution in [-0.2, 0) is 9.59 Å². The first-order chi connectivity index (χ1) is 12.4. The van der Waals surface area contributed by atoms with Crippen molar-refractivity contribution in [2.45, 2.75) is 13.3 Å². The topological polar surface area (TPSA) is 52.7 Å². The molecule has 1 atom stereocenters. The Morgan fingerprint density at radius 1 is 1.23 bits per heavy atom. The minimum Gasteiger partial charge on any atom is -0.377 e. The molecule has 2 aromatic carbocycles. The Morgan fingerprint density at radius 3 is 2.62 bits per heavy atom. The number of nitrogens with one attached hydrogen (secondary N) is 1. The molecule has 0 aliphatic carbocycles. The lowest BCUT2D eigenvalue weighted by molar-refractivity contribution is -0.122. The number of rotatable bonds is 4. The zero-order chi connectivity index (χ0) is 18.8. The Labute approximate surface area is 152 Å². The molecule has 2 amide bonds. The van der Waals surface area contributed by atoms with Gasteiger partial charge in [0.1, 0.15) is 5.82 Å².